The van der Waals surface area contributed by atoms with Gasteiger partial charge in [0.05, 0.1) is 11.3 Å². The molecule has 2 aromatic rings. The minimum absolute atomic E-state index is 0.648. The summed E-state index contributed by atoms with van der Waals surface area (Å²) in [6.07, 6.45) is 0. The number of nitrogens with one attached hydrogen (secondary N) is 1. The number of nitriles is 1. The summed E-state index contributed by atoms with van der Waals surface area (Å²) in [6.45, 7) is 2.74. The van der Waals surface area contributed by atoms with Gasteiger partial charge in [-0.15, -0.1) is 0 Å². The standard InChI is InChI=1S/C15H12Br2N2/c1-10-2-3-11(6-14(10)17)9-19-15-7-13(16)5-4-12(15)8-18/h2-7,19H,9H2,1H3. The summed E-state index contributed by atoms with van der Waals surface area (Å²) in [5, 5.41) is 12.4. The van der Waals surface area contributed by atoms with E-state index in [1.165, 1.54) is 11.1 Å². The summed E-state index contributed by atoms with van der Waals surface area (Å²) in [5.41, 5.74) is 3.87. The zero-order valence-electron chi connectivity index (χ0n) is 10.4. The van der Waals surface area contributed by atoms with E-state index in [0.717, 1.165) is 14.6 Å². The van der Waals surface area contributed by atoms with Crippen molar-refractivity contribution in [3.63, 3.8) is 0 Å². The molecule has 19 heavy (non-hydrogen) atoms. The first-order chi connectivity index (χ1) is 9.10. The molecule has 4 heteroatoms. The van der Waals surface area contributed by atoms with Gasteiger partial charge in [-0.05, 0) is 42.3 Å². The van der Waals surface area contributed by atoms with E-state index in [4.69, 9.17) is 5.26 Å². The van der Waals surface area contributed by atoms with Gasteiger partial charge in [0.15, 0.2) is 0 Å². The SMILES string of the molecule is Cc1ccc(CNc2cc(Br)ccc2C#N)cc1Br. The zero-order valence-corrected chi connectivity index (χ0v) is 13.5. The monoisotopic (exact) mass is 378 g/mol. The summed E-state index contributed by atoms with van der Waals surface area (Å²) in [6, 6.07) is 14.0. The molecule has 96 valence electrons. The van der Waals surface area contributed by atoms with Gasteiger partial charge in [-0.25, -0.2) is 0 Å². The molecule has 0 radical (unpaired) electrons. The molecule has 2 aromatic carbocycles. The summed E-state index contributed by atoms with van der Waals surface area (Å²) < 4.78 is 2.06. The molecule has 0 amide bonds. The molecule has 0 spiro atoms. The van der Waals surface area contributed by atoms with Crippen molar-refractivity contribution in [1.29, 1.82) is 5.26 Å². The minimum atomic E-state index is 0.648. The Morgan fingerprint density at radius 1 is 1.16 bits per heavy atom. The Bertz CT molecular complexity index is 645. The highest BCUT2D eigenvalue weighted by Crippen LogP contribution is 2.22. The van der Waals surface area contributed by atoms with E-state index in [1.54, 1.807) is 6.07 Å². The molecule has 0 bridgehead atoms. The Morgan fingerprint density at radius 3 is 2.63 bits per heavy atom. The van der Waals surface area contributed by atoms with Gasteiger partial charge in [0, 0.05) is 15.5 Å². The Balaban J connectivity index is 2.16. The van der Waals surface area contributed by atoms with Crippen molar-refractivity contribution in [3.8, 4) is 6.07 Å². The van der Waals surface area contributed by atoms with Gasteiger partial charge in [0.2, 0.25) is 0 Å². The van der Waals surface area contributed by atoms with E-state index >= 15 is 0 Å². The van der Waals surface area contributed by atoms with Crippen molar-refractivity contribution in [2.45, 2.75) is 13.5 Å². The van der Waals surface area contributed by atoms with Crippen LogP contribution in [-0.2, 0) is 6.54 Å². The van der Waals surface area contributed by atoms with Crippen LogP contribution in [-0.4, -0.2) is 0 Å². The second kappa shape index (κ2) is 6.23. The maximum atomic E-state index is 9.07. The predicted octanol–water partition coefficient (Wildman–Crippen LogP) is 5.00. The molecular formula is C15H12Br2N2. The highest BCUT2D eigenvalue weighted by molar-refractivity contribution is 9.10. The largest absolute Gasteiger partial charge is 0.380 e. The molecule has 2 nitrogen and oxygen atoms in total. The fourth-order valence-corrected chi connectivity index (χ4v) is 2.49. The molecule has 0 heterocycles. The lowest BCUT2D eigenvalue weighted by molar-refractivity contribution is 1.14. The zero-order chi connectivity index (χ0) is 13.8. The summed E-state index contributed by atoms with van der Waals surface area (Å²) in [5.74, 6) is 0. The number of halogens is 2. The minimum Gasteiger partial charge on any atom is -0.380 e. The number of anilines is 1. The van der Waals surface area contributed by atoms with Gasteiger partial charge < -0.3 is 5.32 Å². The van der Waals surface area contributed by atoms with Crippen LogP contribution < -0.4 is 5.32 Å². The Hall–Kier alpha value is -1.31. The molecule has 0 atom stereocenters. The molecular weight excluding hydrogens is 368 g/mol. The highest BCUT2D eigenvalue weighted by Gasteiger charge is 2.03. The van der Waals surface area contributed by atoms with Crippen molar-refractivity contribution < 1.29 is 0 Å². The Morgan fingerprint density at radius 2 is 1.95 bits per heavy atom. The third-order valence-electron chi connectivity index (χ3n) is 2.82. The molecule has 0 fully saturated rings. The number of hydrogen-bond donors (Lipinski definition) is 1. The van der Waals surface area contributed by atoms with E-state index in [-0.39, 0.29) is 0 Å². The van der Waals surface area contributed by atoms with Gasteiger partial charge in [-0.3, -0.25) is 0 Å². The van der Waals surface area contributed by atoms with Crippen molar-refractivity contribution in [1.82, 2.24) is 0 Å². The lowest BCUT2D eigenvalue weighted by Gasteiger charge is -2.10. The van der Waals surface area contributed by atoms with Crippen molar-refractivity contribution in [3.05, 3.63) is 62.0 Å². The van der Waals surface area contributed by atoms with E-state index in [1.807, 2.05) is 12.1 Å². The maximum Gasteiger partial charge on any atom is 0.101 e. The number of aryl methyl sites for hydroxylation is 1. The third-order valence-corrected chi connectivity index (χ3v) is 4.17. The van der Waals surface area contributed by atoms with E-state index < -0.39 is 0 Å². The highest BCUT2D eigenvalue weighted by atomic mass is 79.9. The fraction of sp³-hybridized carbons (Fsp3) is 0.133. The van der Waals surface area contributed by atoms with E-state index in [0.29, 0.717) is 12.1 Å². The molecule has 0 unspecified atom stereocenters. The second-order valence-corrected chi connectivity index (χ2v) is 6.01. The van der Waals surface area contributed by atoms with Gasteiger partial charge in [0.1, 0.15) is 6.07 Å². The first-order valence-corrected chi connectivity index (χ1v) is 7.37. The normalized spacial score (nSPS) is 10.0. The Labute approximate surface area is 129 Å². The molecule has 0 saturated carbocycles. The van der Waals surface area contributed by atoms with Crippen LogP contribution in [0, 0.1) is 18.3 Å². The van der Waals surface area contributed by atoms with Crippen molar-refractivity contribution in [2.24, 2.45) is 0 Å². The lowest BCUT2D eigenvalue weighted by atomic mass is 10.1. The van der Waals surface area contributed by atoms with Crippen LogP contribution in [0.5, 0.6) is 0 Å². The molecule has 0 aliphatic carbocycles. The van der Waals surface area contributed by atoms with E-state index in [2.05, 4.69) is 68.4 Å². The summed E-state index contributed by atoms with van der Waals surface area (Å²) in [7, 11) is 0. The third kappa shape index (κ3) is 3.59. The number of hydrogen-bond acceptors (Lipinski definition) is 2. The van der Waals surface area contributed by atoms with Crippen LogP contribution in [0.3, 0.4) is 0 Å². The number of nitrogens with zero attached hydrogens (tertiary/aromatic N) is 1. The first kappa shape index (κ1) is 14.1. The predicted molar refractivity (Wildman–Crippen MR) is 85.1 cm³/mol. The smallest absolute Gasteiger partial charge is 0.101 e. The van der Waals surface area contributed by atoms with Crippen LogP contribution >= 0.6 is 31.9 Å². The number of rotatable bonds is 3. The summed E-state index contributed by atoms with van der Waals surface area (Å²) >= 11 is 6.94. The van der Waals surface area contributed by atoms with Gasteiger partial charge in [-0.2, -0.15) is 5.26 Å². The van der Waals surface area contributed by atoms with E-state index in [9.17, 15) is 0 Å². The second-order valence-electron chi connectivity index (χ2n) is 4.24. The fourth-order valence-electron chi connectivity index (χ4n) is 1.70. The number of benzene rings is 2. The summed E-state index contributed by atoms with van der Waals surface area (Å²) in [4.78, 5) is 0. The van der Waals surface area contributed by atoms with Crippen molar-refractivity contribution in [2.75, 3.05) is 5.32 Å². The van der Waals surface area contributed by atoms with Crippen LogP contribution in [0.25, 0.3) is 0 Å². The molecule has 1 N–H and O–H groups in total. The van der Waals surface area contributed by atoms with Crippen molar-refractivity contribution >= 4 is 37.5 Å². The molecule has 2 rings (SSSR count). The quantitative estimate of drug-likeness (QED) is 0.813. The lowest BCUT2D eigenvalue weighted by Crippen LogP contribution is -2.01. The topological polar surface area (TPSA) is 35.8 Å². The van der Waals surface area contributed by atoms with Crippen LogP contribution in [0.2, 0.25) is 0 Å². The van der Waals surface area contributed by atoms with Crippen LogP contribution in [0.4, 0.5) is 5.69 Å². The average Bonchev–Trinajstić information content (AvgIpc) is 2.40. The van der Waals surface area contributed by atoms with Crippen LogP contribution in [0.15, 0.2) is 45.3 Å². The van der Waals surface area contributed by atoms with Crippen LogP contribution in [0.1, 0.15) is 16.7 Å². The molecule has 0 aromatic heterocycles. The van der Waals surface area contributed by atoms with Gasteiger partial charge in [0.25, 0.3) is 0 Å². The molecule has 0 aliphatic heterocycles. The maximum absolute atomic E-state index is 9.07. The average molecular weight is 380 g/mol. The van der Waals surface area contributed by atoms with Gasteiger partial charge in [-0.1, -0.05) is 44.0 Å². The van der Waals surface area contributed by atoms with Gasteiger partial charge >= 0.3 is 0 Å². The first-order valence-electron chi connectivity index (χ1n) is 5.78. The molecule has 0 aliphatic rings. The molecule has 0 saturated heterocycles. The Kier molecular flexibility index (Phi) is 4.62.